The average molecular weight is 294 g/mol. The Hall–Kier alpha value is -1.17. The summed E-state index contributed by atoms with van der Waals surface area (Å²) in [7, 11) is 0. The van der Waals surface area contributed by atoms with E-state index in [9.17, 15) is 13.6 Å². The Labute approximate surface area is 99.6 Å². The minimum Gasteiger partial charge on any atom is -0.481 e. The van der Waals surface area contributed by atoms with Crippen molar-refractivity contribution in [3.63, 3.8) is 0 Å². The molecule has 0 aromatic heterocycles. The van der Waals surface area contributed by atoms with Crippen molar-refractivity contribution in [1.29, 1.82) is 0 Å². The Kier molecular flexibility index (Phi) is 4.23. The Bertz CT molecular complexity index is 412. The lowest BCUT2D eigenvalue weighted by Crippen LogP contribution is -2.20. The van der Waals surface area contributed by atoms with Crippen molar-refractivity contribution in [2.45, 2.75) is 19.4 Å². The fraction of sp³-hybridized carbons (Fsp3) is 0.300. The van der Waals surface area contributed by atoms with Crippen molar-refractivity contribution in [3.05, 3.63) is 28.2 Å². The largest absolute Gasteiger partial charge is 0.481 e. The van der Waals surface area contributed by atoms with Crippen LogP contribution in [-0.4, -0.2) is 17.1 Å². The van der Waals surface area contributed by atoms with Crippen molar-refractivity contribution < 1.29 is 18.7 Å². The minimum atomic E-state index is -0.985. The van der Waals surface area contributed by atoms with E-state index in [-0.39, 0.29) is 16.6 Å². The van der Waals surface area contributed by atoms with Gasteiger partial charge >= 0.3 is 5.97 Å². The van der Waals surface area contributed by atoms with Gasteiger partial charge in [0, 0.05) is 12.1 Å². The van der Waals surface area contributed by atoms with Crippen LogP contribution in [0.5, 0.6) is 0 Å². The predicted molar refractivity (Wildman–Crippen MR) is 59.4 cm³/mol. The summed E-state index contributed by atoms with van der Waals surface area (Å²) in [5.41, 5.74) is 0.0713. The lowest BCUT2D eigenvalue weighted by Gasteiger charge is -2.14. The van der Waals surface area contributed by atoms with Gasteiger partial charge in [-0.25, -0.2) is 8.78 Å². The molecule has 3 nitrogen and oxygen atoms in total. The topological polar surface area (TPSA) is 49.3 Å². The fourth-order valence-electron chi connectivity index (χ4n) is 1.21. The van der Waals surface area contributed by atoms with Gasteiger partial charge in [-0.05, 0) is 28.9 Å². The zero-order valence-corrected chi connectivity index (χ0v) is 10.0. The van der Waals surface area contributed by atoms with E-state index in [1.54, 1.807) is 6.92 Å². The van der Waals surface area contributed by atoms with Crippen LogP contribution < -0.4 is 5.32 Å². The standard InChI is InChI=1S/C10H10BrF2NO2/c1-5(2-10(15)16)14-9-3-6(11)7(12)4-8(9)13/h3-5,14H,2H2,1H3,(H,15,16). The maximum Gasteiger partial charge on any atom is 0.305 e. The van der Waals surface area contributed by atoms with Crippen LogP contribution in [0.2, 0.25) is 0 Å². The molecule has 88 valence electrons. The lowest BCUT2D eigenvalue weighted by atomic mass is 10.2. The molecule has 1 unspecified atom stereocenters. The van der Waals surface area contributed by atoms with Crippen LogP contribution in [0.1, 0.15) is 13.3 Å². The van der Waals surface area contributed by atoms with Gasteiger partial charge in [0.25, 0.3) is 0 Å². The molecule has 1 atom stereocenters. The van der Waals surface area contributed by atoms with Crippen molar-refractivity contribution in [2.24, 2.45) is 0 Å². The molecule has 16 heavy (non-hydrogen) atoms. The number of hydrogen-bond acceptors (Lipinski definition) is 2. The monoisotopic (exact) mass is 293 g/mol. The molecule has 0 saturated carbocycles. The molecule has 0 fully saturated rings. The smallest absolute Gasteiger partial charge is 0.305 e. The maximum absolute atomic E-state index is 13.3. The van der Waals surface area contributed by atoms with Crippen LogP contribution in [0.3, 0.4) is 0 Å². The fourth-order valence-corrected chi connectivity index (χ4v) is 1.55. The number of hydrogen-bond donors (Lipinski definition) is 2. The first-order chi connectivity index (χ1) is 7.40. The highest BCUT2D eigenvalue weighted by atomic mass is 79.9. The van der Waals surface area contributed by atoms with Gasteiger partial charge in [0.2, 0.25) is 0 Å². The van der Waals surface area contributed by atoms with E-state index in [1.807, 2.05) is 0 Å². The van der Waals surface area contributed by atoms with Crippen LogP contribution >= 0.6 is 15.9 Å². The highest BCUT2D eigenvalue weighted by Crippen LogP contribution is 2.24. The molecule has 1 aromatic rings. The Morgan fingerprint density at radius 2 is 2.12 bits per heavy atom. The number of carbonyl (C=O) groups is 1. The zero-order valence-electron chi connectivity index (χ0n) is 8.43. The van der Waals surface area contributed by atoms with Crippen LogP contribution in [-0.2, 0) is 4.79 Å². The van der Waals surface area contributed by atoms with Crippen molar-refractivity contribution in [2.75, 3.05) is 5.32 Å². The van der Waals surface area contributed by atoms with E-state index in [0.717, 1.165) is 6.07 Å². The Morgan fingerprint density at radius 3 is 2.69 bits per heavy atom. The summed E-state index contributed by atoms with van der Waals surface area (Å²) in [5, 5.41) is 11.2. The minimum absolute atomic E-state index is 0.0713. The normalized spacial score (nSPS) is 12.2. The number of carboxylic acid groups (broad SMARTS) is 1. The van der Waals surface area contributed by atoms with Crippen molar-refractivity contribution in [1.82, 2.24) is 0 Å². The molecule has 0 radical (unpaired) electrons. The SMILES string of the molecule is CC(CC(=O)O)Nc1cc(Br)c(F)cc1F. The number of rotatable bonds is 4. The lowest BCUT2D eigenvalue weighted by molar-refractivity contribution is -0.137. The molecule has 1 aromatic carbocycles. The summed E-state index contributed by atoms with van der Waals surface area (Å²) in [5.74, 6) is -2.44. The third-order valence-electron chi connectivity index (χ3n) is 1.89. The molecule has 0 heterocycles. The summed E-state index contributed by atoms with van der Waals surface area (Å²) >= 11 is 2.92. The summed E-state index contributed by atoms with van der Waals surface area (Å²) in [6.07, 6.45) is -0.144. The third-order valence-corrected chi connectivity index (χ3v) is 2.50. The maximum atomic E-state index is 13.3. The van der Waals surface area contributed by atoms with Gasteiger partial charge < -0.3 is 10.4 Å². The molecule has 1 rings (SSSR count). The highest BCUT2D eigenvalue weighted by molar-refractivity contribution is 9.10. The number of anilines is 1. The molecule has 0 aliphatic rings. The van der Waals surface area contributed by atoms with E-state index in [0.29, 0.717) is 0 Å². The van der Waals surface area contributed by atoms with E-state index in [1.165, 1.54) is 6.07 Å². The summed E-state index contributed by atoms with van der Waals surface area (Å²) < 4.78 is 26.3. The van der Waals surface area contributed by atoms with E-state index < -0.39 is 23.6 Å². The quantitative estimate of drug-likeness (QED) is 0.839. The molecule has 0 aliphatic carbocycles. The van der Waals surface area contributed by atoms with Gasteiger partial charge in [0.05, 0.1) is 16.6 Å². The molecule has 2 N–H and O–H groups in total. The molecule has 0 aliphatic heterocycles. The highest BCUT2D eigenvalue weighted by Gasteiger charge is 2.12. The Balaban J connectivity index is 2.81. The summed E-state index contributed by atoms with van der Waals surface area (Å²) in [6, 6.07) is 1.53. The van der Waals surface area contributed by atoms with E-state index >= 15 is 0 Å². The number of aliphatic carboxylic acids is 1. The first-order valence-electron chi connectivity index (χ1n) is 4.53. The number of nitrogens with one attached hydrogen (secondary N) is 1. The number of benzene rings is 1. The molecule has 0 amide bonds. The third kappa shape index (κ3) is 3.44. The molecule has 0 saturated heterocycles. The molecule has 0 bridgehead atoms. The van der Waals surface area contributed by atoms with Gasteiger partial charge in [0.15, 0.2) is 0 Å². The summed E-state index contributed by atoms with van der Waals surface area (Å²) in [4.78, 5) is 10.4. The average Bonchev–Trinajstić information content (AvgIpc) is 2.12. The number of halogens is 3. The second kappa shape index (κ2) is 5.25. The Morgan fingerprint density at radius 1 is 1.50 bits per heavy atom. The van der Waals surface area contributed by atoms with E-state index in [4.69, 9.17) is 5.11 Å². The van der Waals surface area contributed by atoms with Gasteiger partial charge in [-0.1, -0.05) is 0 Å². The number of carboxylic acids is 1. The van der Waals surface area contributed by atoms with Gasteiger partial charge in [0.1, 0.15) is 11.6 Å². The second-order valence-corrected chi connectivity index (χ2v) is 4.24. The predicted octanol–water partition coefficient (Wildman–Crippen LogP) is 3.00. The van der Waals surface area contributed by atoms with E-state index in [2.05, 4.69) is 21.2 Å². The first kappa shape index (κ1) is 12.9. The molecule has 0 spiro atoms. The summed E-state index contributed by atoms with van der Waals surface area (Å²) in [6.45, 7) is 1.60. The molecular formula is C10H10BrF2NO2. The first-order valence-corrected chi connectivity index (χ1v) is 5.32. The van der Waals surface area contributed by atoms with Crippen LogP contribution in [0, 0.1) is 11.6 Å². The van der Waals surface area contributed by atoms with Gasteiger partial charge in [-0.3, -0.25) is 4.79 Å². The van der Waals surface area contributed by atoms with Crippen LogP contribution in [0.25, 0.3) is 0 Å². The molecular weight excluding hydrogens is 284 g/mol. The molecule has 6 heteroatoms. The second-order valence-electron chi connectivity index (χ2n) is 3.39. The van der Waals surface area contributed by atoms with Gasteiger partial charge in [-0.15, -0.1) is 0 Å². The van der Waals surface area contributed by atoms with Crippen LogP contribution in [0.4, 0.5) is 14.5 Å². The van der Waals surface area contributed by atoms with Crippen molar-refractivity contribution in [3.8, 4) is 0 Å². The van der Waals surface area contributed by atoms with Crippen molar-refractivity contribution >= 4 is 27.6 Å². The van der Waals surface area contributed by atoms with Crippen LogP contribution in [0.15, 0.2) is 16.6 Å². The van der Waals surface area contributed by atoms with Gasteiger partial charge in [-0.2, -0.15) is 0 Å². The zero-order chi connectivity index (χ0) is 12.3.